The third-order valence-corrected chi connectivity index (χ3v) is 2.16. The molecule has 0 aromatic heterocycles. The number of hydrogen-bond acceptors (Lipinski definition) is 2. The SMILES string of the molecule is FC1(F)Oc2cc(Br)cc(Cl)c2O1. The van der Waals surface area contributed by atoms with E-state index in [4.69, 9.17) is 11.6 Å². The summed E-state index contributed by atoms with van der Waals surface area (Å²) in [6, 6.07) is 2.81. The van der Waals surface area contributed by atoms with Crippen LogP contribution in [0.4, 0.5) is 8.78 Å². The molecule has 0 amide bonds. The van der Waals surface area contributed by atoms with Gasteiger partial charge in [-0.15, -0.1) is 8.78 Å². The fraction of sp³-hybridized carbons (Fsp3) is 0.143. The Morgan fingerprint density at radius 1 is 1.31 bits per heavy atom. The lowest BCUT2D eigenvalue weighted by atomic mass is 10.3. The molecule has 0 radical (unpaired) electrons. The number of ether oxygens (including phenoxy) is 2. The minimum absolute atomic E-state index is 0.0654. The van der Waals surface area contributed by atoms with Crippen molar-refractivity contribution in [1.82, 2.24) is 0 Å². The van der Waals surface area contributed by atoms with E-state index in [1.807, 2.05) is 0 Å². The molecule has 1 aliphatic rings. The number of halogens is 4. The van der Waals surface area contributed by atoms with Gasteiger partial charge in [0.25, 0.3) is 0 Å². The highest BCUT2D eigenvalue weighted by Gasteiger charge is 2.44. The molecular weight excluding hydrogens is 269 g/mol. The molecule has 1 aromatic rings. The summed E-state index contributed by atoms with van der Waals surface area (Å²) in [7, 11) is 0. The minimum atomic E-state index is -3.62. The predicted molar refractivity (Wildman–Crippen MR) is 45.4 cm³/mol. The normalized spacial score (nSPS) is 17.5. The average Bonchev–Trinajstić information content (AvgIpc) is 2.23. The Morgan fingerprint density at radius 3 is 2.69 bits per heavy atom. The number of alkyl halides is 2. The van der Waals surface area contributed by atoms with Gasteiger partial charge in [0.05, 0.1) is 5.02 Å². The van der Waals surface area contributed by atoms with E-state index in [2.05, 4.69) is 25.4 Å². The van der Waals surface area contributed by atoms with Crippen molar-refractivity contribution in [2.45, 2.75) is 6.29 Å². The van der Waals surface area contributed by atoms with Gasteiger partial charge >= 0.3 is 6.29 Å². The summed E-state index contributed by atoms with van der Waals surface area (Å²) in [5.41, 5.74) is 0. The van der Waals surface area contributed by atoms with Crippen LogP contribution in [0.5, 0.6) is 11.5 Å². The third-order valence-electron chi connectivity index (χ3n) is 1.42. The van der Waals surface area contributed by atoms with Crippen LogP contribution in [-0.4, -0.2) is 6.29 Å². The molecule has 1 aromatic carbocycles. The first-order chi connectivity index (χ1) is 5.98. The Bertz CT molecular complexity index is 370. The van der Waals surface area contributed by atoms with Crippen LogP contribution in [-0.2, 0) is 0 Å². The van der Waals surface area contributed by atoms with Gasteiger partial charge in [-0.05, 0) is 12.1 Å². The van der Waals surface area contributed by atoms with Crippen LogP contribution in [0.2, 0.25) is 5.02 Å². The number of hydrogen-bond donors (Lipinski definition) is 0. The monoisotopic (exact) mass is 270 g/mol. The van der Waals surface area contributed by atoms with Crippen LogP contribution in [0.15, 0.2) is 16.6 Å². The molecule has 0 aliphatic carbocycles. The van der Waals surface area contributed by atoms with Gasteiger partial charge in [0.2, 0.25) is 0 Å². The first-order valence-electron chi connectivity index (χ1n) is 3.23. The Morgan fingerprint density at radius 2 is 2.00 bits per heavy atom. The number of rotatable bonds is 0. The smallest absolute Gasteiger partial charge is 0.395 e. The average molecular weight is 271 g/mol. The molecule has 70 valence electrons. The van der Waals surface area contributed by atoms with E-state index in [0.717, 1.165) is 0 Å². The second kappa shape index (κ2) is 2.72. The van der Waals surface area contributed by atoms with Crippen LogP contribution in [0, 0.1) is 0 Å². The van der Waals surface area contributed by atoms with Gasteiger partial charge in [-0.2, -0.15) is 0 Å². The molecule has 1 aliphatic heterocycles. The highest BCUT2D eigenvalue weighted by Crippen LogP contribution is 2.46. The molecule has 6 heteroatoms. The molecule has 1 heterocycles. The van der Waals surface area contributed by atoms with Crippen molar-refractivity contribution in [3.63, 3.8) is 0 Å². The van der Waals surface area contributed by atoms with Crippen molar-refractivity contribution in [2.75, 3.05) is 0 Å². The largest absolute Gasteiger partial charge is 0.586 e. The fourth-order valence-corrected chi connectivity index (χ4v) is 1.80. The molecule has 0 atom stereocenters. The zero-order valence-corrected chi connectivity index (χ0v) is 8.32. The van der Waals surface area contributed by atoms with E-state index < -0.39 is 6.29 Å². The Hall–Kier alpha value is -0.550. The van der Waals surface area contributed by atoms with Crippen molar-refractivity contribution in [1.29, 1.82) is 0 Å². The van der Waals surface area contributed by atoms with Crippen LogP contribution in [0.25, 0.3) is 0 Å². The standard InChI is InChI=1S/C7H2BrClF2O2/c8-3-1-4(9)6-5(2-3)12-7(10,11)13-6/h1-2H. The molecule has 0 fully saturated rings. The first kappa shape index (κ1) is 9.02. The molecular formula is C7H2BrClF2O2. The van der Waals surface area contributed by atoms with E-state index in [-0.39, 0.29) is 16.5 Å². The number of fused-ring (bicyclic) bond motifs is 1. The van der Waals surface area contributed by atoms with Crippen molar-refractivity contribution in [3.05, 3.63) is 21.6 Å². The summed E-state index contributed by atoms with van der Waals surface area (Å²) in [5, 5.41) is 0.0848. The topological polar surface area (TPSA) is 18.5 Å². The summed E-state index contributed by atoms with van der Waals surface area (Å²) >= 11 is 8.72. The fourth-order valence-electron chi connectivity index (χ4n) is 0.979. The zero-order chi connectivity index (χ0) is 9.64. The summed E-state index contributed by atoms with van der Waals surface area (Å²) in [4.78, 5) is 0. The van der Waals surface area contributed by atoms with Crippen LogP contribution >= 0.6 is 27.5 Å². The van der Waals surface area contributed by atoms with Crippen LogP contribution in [0.3, 0.4) is 0 Å². The van der Waals surface area contributed by atoms with Gasteiger partial charge < -0.3 is 9.47 Å². The minimum Gasteiger partial charge on any atom is -0.395 e. The van der Waals surface area contributed by atoms with E-state index in [1.165, 1.54) is 12.1 Å². The molecule has 0 unspecified atom stereocenters. The van der Waals surface area contributed by atoms with Gasteiger partial charge in [0.15, 0.2) is 11.5 Å². The summed E-state index contributed by atoms with van der Waals surface area (Å²) in [5.74, 6) is -0.195. The molecule has 13 heavy (non-hydrogen) atoms. The Kier molecular flexibility index (Phi) is 1.89. The van der Waals surface area contributed by atoms with Gasteiger partial charge in [-0.3, -0.25) is 0 Å². The van der Waals surface area contributed by atoms with Gasteiger partial charge in [-0.1, -0.05) is 27.5 Å². The maximum Gasteiger partial charge on any atom is 0.586 e. The molecule has 0 N–H and O–H groups in total. The molecule has 2 nitrogen and oxygen atoms in total. The van der Waals surface area contributed by atoms with E-state index in [9.17, 15) is 8.78 Å². The lowest BCUT2D eigenvalue weighted by Crippen LogP contribution is -2.26. The van der Waals surface area contributed by atoms with Gasteiger partial charge in [0.1, 0.15) is 0 Å². The van der Waals surface area contributed by atoms with E-state index in [1.54, 1.807) is 0 Å². The van der Waals surface area contributed by atoms with Crippen LogP contribution in [0.1, 0.15) is 0 Å². The second-order valence-corrected chi connectivity index (χ2v) is 3.71. The van der Waals surface area contributed by atoms with Gasteiger partial charge in [-0.25, -0.2) is 0 Å². The maximum atomic E-state index is 12.5. The molecule has 0 saturated carbocycles. The molecule has 0 spiro atoms. The first-order valence-corrected chi connectivity index (χ1v) is 4.40. The molecule has 0 bridgehead atoms. The quantitative estimate of drug-likeness (QED) is 0.720. The van der Waals surface area contributed by atoms with Crippen molar-refractivity contribution >= 4 is 27.5 Å². The summed E-state index contributed by atoms with van der Waals surface area (Å²) in [6.45, 7) is 0. The Balaban J connectivity index is 2.52. The van der Waals surface area contributed by atoms with Gasteiger partial charge in [0, 0.05) is 4.47 Å². The van der Waals surface area contributed by atoms with Crippen molar-refractivity contribution in [2.24, 2.45) is 0 Å². The summed E-state index contributed by atoms with van der Waals surface area (Å²) < 4.78 is 34.0. The highest BCUT2D eigenvalue weighted by atomic mass is 79.9. The van der Waals surface area contributed by atoms with Crippen molar-refractivity contribution in [3.8, 4) is 11.5 Å². The third kappa shape index (κ3) is 1.58. The predicted octanol–water partition coefficient (Wildman–Crippen LogP) is 3.42. The summed E-state index contributed by atoms with van der Waals surface area (Å²) in [6.07, 6.45) is -3.62. The zero-order valence-electron chi connectivity index (χ0n) is 5.98. The van der Waals surface area contributed by atoms with Crippen LogP contribution < -0.4 is 9.47 Å². The number of benzene rings is 1. The highest BCUT2D eigenvalue weighted by molar-refractivity contribution is 9.10. The lowest BCUT2D eigenvalue weighted by Gasteiger charge is -2.04. The second-order valence-electron chi connectivity index (χ2n) is 2.38. The lowest BCUT2D eigenvalue weighted by molar-refractivity contribution is -0.286. The maximum absolute atomic E-state index is 12.5. The molecule has 2 rings (SSSR count). The Labute approximate surface area is 85.5 Å². The van der Waals surface area contributed by atoms with Crippen molar-refractivity contribution < 1.29 is 18.3 Å². The van der Waals surface area contributed by atoms with E-state index in [0.29, 0.717) is 4.47 Å². The molecule has 0 saturated heterocycles. The van der Waals surface area contributed by atoms with E-state index >= 15 is 0 Å².